The van der Waals surface area contributed by atoms with Crippen LogP contribution < -0.4 is 5.32 Å². The van der Waals surface area contributed by atoms with Crippen molar-refractivity contribution >= 4 is 23.8 Å². The van der Waals surface area contributed by atoms with Crippen LogP contribution in [0.1, 0.15) is 32.6 Å². The Balaban J connectivity index is 2.05. The maximum absolute atomic E-state index is 12.8. The SMILES string of the molecule is CC1CCC(NC(=O)CN2CCN(CC(=O)O)CCN(CC(=O)O)CCN(CC(=O)O)CC2)CC1. The Hall–Kier alpha value is -2.28. The summed E-state index contributed by atoms with van der Waals surface area (Å²) in [5.41, 5.74) is 0. The smallest absolute Gasteiger partial charge is 0.317 e. The van der Waals surface area contributed by atoms with Gasteiger partial charge < -0.3 is 20.6 Å². The molecule has 0 aromatic heterocycles. The lowest BCUT2D eigenvalue weighted by atomic mass is 9.87. The van der Waals surface area contributed by atoms with Crippen molar-refractivity contribution < 1.29 is 34.5 Å². The van der Waals surface area contributed by atoms with Gasteiger partial charge in [-0.2, -0.15) is 0 Å². The number of rotatable bonds is 9. The molecule has 0 radical (unpaired) electrons. The number of carbonyl (C=O) groups is 4. The zero-order valence-electron chi connectivity index (χ0n) is 20.7. The first-order valence-electron chi connectivity index (χ1n) is 12.4. The molecule has 0 bridgehead atoms. The molecule has 4 N–H and O–H groups in total. The zero-order chi connectivity index (χ0) is 25.8. The van der Waals surface area contributed by atoms with E-state index in [2.05, 4.69) is 12.2 Å². The number of carboxylic acids is 3. The number of nitrogens with zero attached hydrogens (tertiary/aromatic N) is 4. The van der Waals surface area contributed by atoms with Crippen LogP contribution >= 0.6 is 0 Å². The summed E-state index contributed by atoms with van der Waals surface area (Å²) < 4.78 is 0. The molecule has 35 heavy (non-hydrogen) atoms. The van der Waals surface area contributed by atoms with Gasteiger partial charge in [-0.15, -0.1) is 0 Å². The van der Waals surface area contributed by atoms with Crippen LogP contribution in [-0.4, -0.2) is 143 Å². The van der Waals surface area contributed by atoms with Crippen LogP contribution in [-0.2, 0) is 19.2 Å². The molecule has 2 rings (SSSR count). The van der Waals surface area contributed by atoms with Crippen LogP contribution in [0.5, 0.6) is 0 Å². The maximum Gasteiger partial charge on any atom is 0.317 e. The Labute approximate surface area is 206 Å². The Bertz CT molecular complexity index is 682. The molecular formula is C23H41N5O7. The lowest BCUT2D eigenvalue weighted by Gasteiger charge is -2.33. The fourth-order valence-corrected chi connectivity index (χ4v) is 4.67. The van der Waals surface area contributed by atoms with E-state index >= 15 is 0 Å². The molecule has 0 aromatic carbocycles. The van der Waals surface area contributed by atoms with Gasteiger partial charge in [0.25, 0.3) is 0 Å². The summed E-state index contributed by atoms with van der Waals surface area (Å²) in [4.78, 5) is 53.9. The molecule has 12 heteroatoms. The van der Waals surface area contributed by atoms with E-state index < -0.39 is 17.9 Å². The number of nitrogens with one attached hydrogen (secondary N) is 1. The van der Waals surface area contributed by atoms with E-state index in [4.69, 9.17) is 0 Å². The Kier molecular flexibility index (Phi) is 12.4. The first-order valence-corrected chi connectivity index (χ1v) is 12.4. The molecule has 0 aromatic rings. The number of amides is 1. The third-order valence-corrected chi connectivity index (χ3v) is 6.75. The second-order valence-corrected chi connectivity index (χ2v) is 9.81. The Morgan fingerprint density at radius 2 is 0.914 bits per heavy atom. The van der Waals surface area contributed by atoms with Crippen LogP contribution in [0.25, 0.3) is 0 Å². The van der Waals surface area contributed by atoms with Gasteiger partial charge in [-0.25, -0.2) is 0 Å². The average molecular weight is 500 g/mol. The van der Waals surface area contributed by atoms with Crippen LogP contribution in [0, 0.1) is 5.92 Å². The van der Waals surface area contributed by atoms with Crippen molar-refractivity contribution in [2.45, 2.75) is 38.6 Å². The quantitative estimate of drug-likeness (QED) is 0.314. The lowest BCUT2D eigenvalue weighted by molar-refractivity contribution is -0.140. The molecule has 1 amide bonds. The number of hydrogen-bond donors (Lipinski definition) is 4. The highest BCUT2D eigenvalue weighted by molar-refractivity contribution is 5.78. The minimum absolute atomic E-state index is 0.0705. The molecule has 1 aliphatic carbocycles. The van der Waals surface area contributed by atoms with Gasteiger partial charge in [0.05, 0.1) is 26.2 Å². The second kappa shape index (κ2) is 15.0. The third-order valence-electron chi connectivity index (χ3n) is 6.75. The molecule has 1 heterocycles. The van der Waals surface area contributed by atoms with Gasteiger partial charge >= 0.3 is 17.9 Å². The summed E-state index contributed by atoms with van der Waals surface area (Å²) >= 11 is 0. The molecular weight excluding hydrogens is 458 g/mol. The van der Waals surface area contributed by atoms with Gasteiger partial charge in [0.1, 0.15) is 0 Å². The minimum Gasteiger partial charge on any atom is -0.480 e. The van der Waals surface area contributed by atoms with Crippen molar-refractivity contribution in [1.29, 1.82) is 0 Å². The molecule has 0 spiro atoms. The van der Waals surface area contributed by atoms with Gasteiger partial charge in [-0.05, 0) is 31.6 Å². The lowest BCUT2D eigenvalue weighted by Crippen LogP contribution is -2.50. The number of aliphatic carboxylic acids is 3. The van der Waals surface area contributed by atoms with Gasteiger partial charge in [0.2, 0.25) is 5.91 Å². The van der Waals surface area contributed by atoms with E-state index in [0.717, 1.165) is 25.7 Å². The fraction of sp³-hybridized carbons (Fsp3) is 0.826. The molecule has 0 unspecified atom stereocenters. The van der Waals surface area contributed by atoms with E-state index in [1.165, 1.54) is 0 Å². The van der Waals surface area contributed by atoms with Crippen molar-refractivity contribution in [3.05, 3.63) is 0 Å². The van der Waals surface area contributed by atoms with Crippen LogP contribution in [0.2, 0.25) is 0 Å². The summed E-state index contributed by atoms with van der Waals surface area (Å²) in [5.74, 6) is -2.31. The zero-order valence-corrected chi connectivity index (χ0v) is 20.7. The van der Waals surface area contributed by atoms with Crippen molar-refractivity contribution in [2.24, 2.45) is 5.92 Å². The predicted molar refractivity (Wildman–Crippen MR) is 128 cm³/mol. The Morgan fingerprint density at radius 3 is 1.23 bits per heavy atom. The van der Waals surface area contributed by atoms with Crippen LogP contribution in [0.3, 0.4) is 0 Å². The van der Waals surface area contributed by atoms with E-state index in [1.54, 1.807) is 14.7 Å². The molecule has 200 valence electrons. The van der Waals surface area contributed by atoms with Gasteiger partial charge in [0.15, 0.2) is 0 Å². The largest absolute Gasteiger partial charge is 0.480 e. The van der Waals surface area contributed by atoms with Crippen LogP contribution in [0.4, 0.5) is 0 Å². The van der Waals surface area contributed by atoms with Crippen molar-refractivity contribution in [2.75, 3.05) is 78.5 Å². The van der Waals surface area contributed by atoms with E-state index in [1.807, 2.05) is 4.90 Å². The first-order chi connectivity index (χ1) is 16.6. The van der Waals surface area contributed by atoms with Gasteiger partial charge in [-0.1, -0.05) is 6.92 Å². The van der Waals surface area contributed by atoms with Crippen molar-refractivity contribution in [3.8, 4) is 0 Å². The van der Waals surface area contributed by atoms with Crippen molar-refractivity contribution in [1.82, 2.24) is 24.9 Å². The molecule has 1 aliphatic heterocycles. The molecule has 1 saturated heterocycles. The standard InChI is InChI=1S/C23H41N5O7/c1-18-2-4-19(5-3-18)24-20(29)14-25-6-8-26(15-21(30)31)10-12-28(17-23(34)35)13-11-27(9-7-25)16-22(32)33/h18-19H,2-17H2,1H3,(H,24,29)(H,30,31)(H,32,33)(H,34,35). The summed E-state index contributed by atoms with van der Waals surface area (Å²) in [6.07, 6.45) is 4.14. The summed E-state index contributed by atoms with van der Waals surface area (Å²) in [7, 11) is 0. The normalized spacial score (nSPS) is 24.7. The number of carbonyl (C=O) groups excluding carboxylic acids is 1. The van der Waals surface area contributed by atoms with Crippen LogP contribution in [0.15, 0.2) is 0 Å². The average Bonchev–Trinajstić information content (AvgIpc) is 2.76. The monoisotopic (exact) mass is 499 g/mol. The molecule has 0 atom stereocenters. The highest BCUT2D eigenvalue weighted by Crippen LogP contribution is 2.23. The van der Waals surface area contributed by atoms with E-state index in [9.17, 15) is 34.5 Å². The topological polar surface area (TPSA) is 154 Å². The highest BCUT2D eigenvalue weighted by Gasteiger charge is 2.23. The first kappa shape index (κ1) is 29.0. The molecule has 1 saturated carbocycles. The summed E-state index contributed by atoms with van der Waals surface area (Å²) in [6, 6.07) is 0.179. The Morgan fingerprint density at radius 1 is 0.600 bits per heavy atom. The summed E-state index contributed by atoms with van der Waals surface area (Å²) in [6.45, 7) is 4.96. The number of carboxylic acid groups (broad SMARTS) is 3. The fourth-order valence-electron chi connectivity index (χ4n) is 4.67. The minimum atomic E-state index is -0.990. The van der Waals surface area contributed by atoms with Crippen molar-refractivity contribution in [3.63, 3.8) is 0 Å². The third kappa shape index (κ3) is 12.3. The molecule has 2 aliphatic rings. The number of hydrogen-bond acceptors (Lipinski definition) is 8. The maximum atomic E-state index is 12.8. The predicted octanol–water partition coefficient (Wildman–Crippen LogP) is -0.843. The van der Waals surface area contributed by atoms with E-state index in [-0.39, 0.29) is 38.1 Å². The second-order valence-electron chi connectivity index (χ2n) is 9.81. The van der Waals surface area contributed by atoms with Gasteiger partial charge in [0, 0.05) is 58.4 Å². The summed E-state index contributed by atoms with van der Waals surface area (Å²) in [5, 5.41) is 31.0. The van der Waals surface area contributed by atoms with Gasteiger partial charge in [-0.3, -0.25) is 38.8 Å². The molecule has 12 nitrogen and oxygen atoms in total. The molecule has 2 fully saturated rings. The van der Waals surface area contributed by atoms with E-state index in [0.29, 0.717) is 58.3 Å². The highest BCUT2D eigenvalue weighted by atomic mass is 16.4.